The molecule has 1 atom stereocenters. The highest BCUT2D eigenvalue weighted by Gasteiger charge is 2.33. The number of hydrogen-bond donors (Lipinski definition) is 1. The summed E-state index contributed by atoms with van der Waals surface area (Å²) in [6.45, 7) is 7.26. The van der Waals surface area contributed by atoms with Crippen molar-refractivity contribution in [3.05, 3.63) is 65.0 Å². The lowest BCUT2D eigenvalue weighted by Gasteiger charge is -2.33. The maximum Gasteiger partial charge on any atom is 0.255 e. The highest BCUT2D eigenvalue weighted by molar-refractivity contribution is 14.1. The molecule has 2 heterocycles. The number of amides is 1. The summed E-state index contributed by atoms with van der Waals surface area (Å²) in [6, 6.07) is 7.81. The van der Waals surface area contributed by atoms with Gasteiger partial charge in [0.15, 0.2) is 0 Å². The molecule has 34 heavy (non-hydrogen) atoms. The minimum absolute atomic E-state index is 0.0977. The first kappa shape index (κ1) is 25.7. The van der Waals surface area contributed by atoms with Crippen molar-refractivity contribution in [2.45, 2.75) is 46.6 Å². The van der Waals surface area contributed by atoms with Crippen LogP contribution in [0.1, 0.15) is 59.3 Å². The topological polar surface area (TPSA) is 63.8 Å². The van der Waals surface area contributed by atoms with Crippen LogP contribution in [-0.2, 0) is 19.4 Å². The fourth-order valence-electron chi connectivity index (χ4n) is 4.32. The zero-order valence-electron chi connectivity index (χ0n) is 19.7. The van der Waals surface area contributed by atoms with Crippen molar-refractivity contribution in [3.8, 4) is 5.75 Å². The summed E-state index contributed by atoms with van der Waals surface area (Å²) >= 11 is 6.22. The first-order valence-electron chi connectivity index (χ1n) is 11.2. The SMILES string of the molecule is COc1c(I)cc(I)cc1C=Nc1sc2c(c1C(=O)NCc1ccco1)CC[C@H](C(C)(C)C)C2. The van der Waals surface area contributed by atoms with Gasteiger partial charge >= 0.3 is 0 Å². The lowest BCUT2D eigenvalue weighted by Crippen LogP contribution is -2.28. The van der Waals surface area contributed by atoms with Crippen molar-refractivity contribution < 1.29 is 13.9 Å². The second-order valence-corrected chi connectivity index (χ2v) is 13.0. The highest BCUT2D eigenvalue weighted by atomic mass is 127. The van der Waals surface area contributed by atoms with E-state index in [1.54, 1.807) is 24.7 Å². The van der Waals surface area contributed by atoms with Gasteiger partial charge in [-0.15, -0.1) is 11.3 Å². The molecule has 180 valence electrons. The van der Waals surface area contributed by atoms with Gasteiger partial charge in [0.2, 0.25) is 0 Å². The van der Waals surface area contributed by atoms with Gasteiger partial charge in [0.05, 0.1) is 29.1 Å². The second kappa shape index (κ2) is 10.7. The molecule has 0 saturated carbocycles. The summed E-state index contributed by atoms with van der Waals surface area (Å²) in [5.74, 6) is 2.02. The van der Waals surface area contributed by atoms with Crippen molar-refractivity contribution in [2.75, 3.05) is 7.11 Å². The van der Waals surface area contributed by atoms with E-state index in [9.17, 15) is 4.79 Å². The van der Waals surface area contributed by atoms with Crippen molar-refractivity contribution in [3.63, 3.8) is 0 Å². The Morgan fingerprint density at radius 1 is 1.35 bits per heavy atom. The van der Waals surface area contributed by atoms with Crippen LogP contribution in [0.5, 0.6) is 5.75 Å². The number of methoxy groups -OCH3 is 1. The number of thiophene rings is 1. The Morgan fingerprint density at radius 3 is 2.82 bits per heavy atom. The first-order chi connectivity index (χ1) is 16.2. The van der Waals surface area contributed by atoms with E-state index in [2.05, 4.69) is 77.3 Å². The van der Waals surface area contributed by atoms with Crippen molar-refractivity contribution >= 4 is 73.6 Å². The molecule has 0 fully saturated rings. The van der Waals surface area contributed by atoms with Crippen LogP contribution in [0.15, 0.2) is 39.9 Å². The molecule has 1 aliphatic carbocycles. The standard InChI is InChI=1S/C26H28I2N2O3S/c1-26(2,3)16-7-8-19-21(11-16)34-25(22(19)24(31)29-14-18-6-5-9-33-18)30-13-15-10-17(27)12-20(28)23(15)32-4/h5-6,9-10,12-13,16H,7-8,11,14H2,1-4H3,(H,29,31)/t16-/m0/s1. The van der Waals surface area contributed by atoms with Crippen LogP contribution in [0.2, 0.25) is 0 Å². The van der Waals surface area contributed by atoms with Crippen LogP contribution in [-0.4, -0.2) is 19.2 Å². The Balaban J connectivity index is 1.70. The van der Waals surface area contributed by atoms with E-state index in [0.29, 0.717) is 18.0 Å². The third-order valence-electron chi connectivity index (χ3n) is 6.26. The van der Waals surface area contributed by atoms with E-state index in [4.69, 9.17) is 14.1 Å². The van der Waals surface area contributed by atoms with Gasteiger partial charge in [-0.1, -0.05) is 20.8 Å². The molecular formula is C26H28I2N2O3S. The summed E-state index contributed by atoms with van der Waals surface area (Å²) in [5, 5.41) is 3.79. The molecule has 0 saturated heterocycles. The molecule has 1 aliphatic rings. The molecule has 1 aromatic carbocycles. The van der Waals surface area contributed by atoms with Crippen LogP contribution in [0.3, 0.4) is 0 Å². The summed E-state index contributed by atoms with van der Waals surface area (Å²) in [7, 11) is 1.67. The Kier molecular flexibility index (Phi) is 8.08. The van der Waals surface area contributed by atoms with Gasteiger partial charge in [0.25, 0.3) is 5.91 Å². The van der Waals surface area contributed by atoms with Gasteiger partial charge in [-0.25, -0.2) is 4.99 Å². The average molecular weight is 702 g/mol. The molecule has 0 spiro atoms. The number of nitrogens with zero attached hydrogens (tertiary/aromatic N) is 1. The van der Waals surface area contributed by atoms with Gasteiger partial charge in [-0.05, 0) is 106 Å². The van der Waals surface area contributed by atoms with Crippen LogP contribution in [0.25, 0.3) is 0 Å². The van der Waals surface area contributed by atoms with Crippen LogP contribution < -0.4 is 10.1 Å². The maximum atomic E-state index is 13.4. The van der Waals surface area contributed by atoms with Crippen molar-refractivity contribution in [2.24, 2.45) is 16.3 Å². The monoisotopic (exact) mass is 702 g/mol. The number of aliphatic imine (C=N–C) groups is 1. The zero-order chi connectivity index (χ0) is 24.5. The highest BCUT2D eigenvalue weighted by Crippen LogP contribution is 2.45. The predicted molar refractivity (Wildman–Crippen MR) is 155 cm³/mol. The number of halogens is 2. The van der Waals surface area contributed by atoms with E-state index in [1.807, 2.05) is 24.4 Å². The number of ether oxygens (including phenoxy) is 1. The molecule has 0 unspecified atom stereocenters. The summed E-state index contributed by atoms with van der Waals surface area (Å²) in [5.41, 5.74) is 2.99. The number of fused-ring (bicyclic) bond motifs is 1. The Morgan fingerprint density at radius 2 is 2.15 bits per heavy atom. The van der Waals surface area contributed by atoms with E-state index in [1.165, 1.54) is 4.88 Å². The molecule has 1 amide bonds. The molecule has 1 N–H and O–H groups in total. The Labute approximate surface area is 232 Å². The summed E-state index contributed by atoms with van der Waals surface area (Å²) < 4.78 is 13.2. The fourth-order valence-corrected chi connectivity index (χ4v) is 7.70. The summed E-state index contributed by atoms with van der Waals surface area (Å²) in [6.07, 6.45) is 6.41. The number of nitrogens with one attached hydrogen (secondary N) is 1. The van der Waals surface area contributed by atoms with Gasteiger partial charge in [0.1, 0.15) is 16.5 Å². The van der Waals surface area contributed by atoms with Gasteiger partial charge in [0, 0.05) is 20.2 Å². The maximum absolute atomic E-state index is 13.4. The smallest absolute Gasteiger partial charge is 0.255 e. The van der Waals surface area contributed by atoms with Crippen LogP contribution in [0, 0.1) is 18.5 Å². The lowest BCUT2D eigenvalue weighted by atomic mass is 9.72. The third kappa shape index (κ3) is 5.70. The molecule has 4 rings (SSSR count). The second-order valence-electron chi connectivity index (χ2n) is 9.52. The largest absolute Gasteiger partial charge is 0.495 e. The number of benzene rings is 1. The fraction of sp³-hybridized carbons (Fsp3) is 0.385. The lowest BCUT2D eigenvalue weighted by molar-refractivity contribution is 0.0947. The number of furan rings is 1. The minimum atomic E-state index is -0.0977. The summed E-state index contributed by atoms with van der Waals surface area (Å²) in [4.78, 5) is 19.5. The number of carbonyl (C=O) groups is 1. The van der Waals surface area contributed by atoms with E-state index < -0.39 is 0 Å². The molecule has 3 aromatic rings. The average Bonchev–Trinajstić information content (AvgIpc) is 3.42. The molecule has 0 bridgehead atoms. The number of hydrogen-bond acceptors (Lipinski definition) is 5. The van der Waals surface area contributed by atoms with E-state index in [-0.39, 0.29) is 11.3 Å². The molecule has 5 nitrogen and oxygen atoms in total. The third-order valence-corrected chi connectivity index (χ3v) is 8.85. The minimum Gasteiger partial charge on any atom is -0.495 e. The molecule has 8 heteroatoms. The Hall–Kier alpha value is -1.40. The zero-order valence-corrected chi connectivity index (χ0v) is 24.8. The predicted octanol–water partition coefficient (Wildman–Crippen LogP) is 7.39. The number of carbonyl (C=O) groups excluding carboxylic acids is 1. The molecule has 0 aliphatic heterocycles. The number of rotatable bonds is 6. The van der Waals surface area contributed by atoms with Gasteiger partial charge in [-0.2, -0.15) is 0 Å². The van der Waals surface area contributed by atoms with Gasteiger partial charge < -0.3 is 14.5 Å². The van der Waals surface area contributed by atoms with E-state index >= 15 is 0 Å². The van der Waals surface area contributed by atoms with Crippen LogP contribution in [0.4, 0.5) is 5.00 Å². The quantitative estimate of drug-likeness (QED) is 0.215. The Bertz CT molecular complexity index is 1210. The molecule has 0 radical (unpaired) electrons. The van der Waals surface area contributed by atoms with Crippen molar-refractivity contribution in [1.29, 1.82) is 0 Å². The molecule has 2 aromatic heterocycles. The van der Waals surface area contributed by atoms with Gasteiger partial charge in [-0.3, -0.25) is 4.79 Å². The van der Waals surface area contributed by atoms with E-state index in [0.717, 1.165) is 54.0 Å². The van der Waals surface area contributed by atoms with Crippen LogP contribution >= 0.6 is 56.5 Å². The first-order valence-corrected chi connectivity index (χ1v) is 14.2. The molecular weight excluding hydrogens is 674 g/mol. The van der Waals surface area contributed by atoms with Crippen molar-refractivity contribution in [1.82, 2.24) is 5.32 Å². The normalized spacial score (nSPS) is 16.0.